The summed E-state index contributed by atoms with van der Waals surface area (Å²) >= 11 is 0. The Bertz CT molecular complexity index is 733. The summed E-state index contributed by atoms with van der Waals surface area (Å²) in [5, 5.41) is 0. The molecule has 0 radical (unpaired) electrons. The molecule has 0 aliphatic carbocycles. The van der Waals surface area contributed by atoms with Crippen molar-refractivity contribution in [2.75, 3.05) is 20.1 Å². The van der Waals surface area contributed by atoms with Crippen molar-refractivity contribution in [1.29, 1.82) is 0 Å². The quantitative estimate of drug-likeness (QED) is 0.810. The number of pyridine rings is 1. The molecule has 2 heteroatoms. The number of likely N-dealkylation sites (tertiary alicyclic amines) is 1. The average Bonchev–Trinajstić information content (AvgIpc) is 2.53. The number of hydrogen-bond donors (Lipinski definition) is 0. The van der Waals surface area contributed by atoms with Crippen molar-refractivity contribution in [3.05, 3.63) is 70.0 Å². The Morgan fingerprint density at radius 3 is 2.39 bits per heavy atom. The first-order valence-corrected chi connectivity index (χ1v) is 8.46. The maximum absolute atomic E-state index is 4.74. The van der Waals surface area contributed by atoms with Gasteiger partial charge >= 0.3 is 0 Å². The maximum atomic E-state index is 4.74. The van der Waals surface area contributed by atoms with Gasteiger partial charge in [-0.25, -0.2) is 0 Å². The van der Waals surface area contributed by atoms with Crippen molar-refractivity contribution in [3.63, 3.8) is 0 Å². The molecule has 1 fully saturated rings. The molecular formula is C21H26N2. The third kappa shape index (κ3) is 3.37. The van der Waals surface area contributed by atoms with Gasteiger partial charge in [-0.05, 0) is 63.4 Å². The second kappa shape index (κ2) is 6.67. The van der Waals surface area contributed by atoms with Gasteiger partial charge in [-0.2, -0.15) is 0 Å². The summed E-state index contributed by atoms with van der Waals surface area (Å²) in [7, 11) is 2.21. The standard InChI is InChI=1S/C21H26N2/c1-15-7-8-19(17(3)14-15)20(18-9-12-23(4)13-10-18)21-16(2)6-5-11-22-21/h5-8,11,14H,9-10,12-13H2,1-4H3. The van der Waals surface area contributed by atoms with Crippen LogP contribution in [0.25, 0.3) is 5.57 Å². The maximum Gasteiger partial charge on any atom is 0.0736 e. The minimum Gasteiger partial charge on any atom is -0.306 e. The van der Waals surface area contributed by atoms with Crippen LogP contribution in [0.5, 0.6) is 0 Å². The third-order valence-electron chi connectivity index (χ3n) is 4.84. The van der Waals surface area contributed by atoms with Crippen LogP contribution in [0.2, 0.25) is 0 Å². The Hall–Kier alpha value is -1.93. The van der Waals surface area contributed by atoms with Crippen molar-refractivity contribution in [2.24, 2.45) is 0 Å². The third-order valence-corrected chi connectivity index (χ3v) is 4.84. The fraction of sp³-hybridized carbons (Fsp3) is 0.381. The van der Waals surface area contributed by atoms with Crippen LogP contribution in [0.4, 0.5) is 0 Å². The fourth-order valence-electron chi connectivity index (χ4n) is 3.47. The second-order valence-electron chi connectivity index (χ2n) is 6.77. The van der Waals surface area contributed by atoms with Crippen molar-refractivity contribution in [2.45, 2.75) is 33.6 Å². The van der Waals surface area contributed by atoms with E-state index in [0.29, 0.717) is 0 Å². The van der Waals surface area contributed by atoms with Gasteiger partial charge in [0, 0.05) is 24.9 Å². The summed E-state index contributed by atoms with van der Waals surface area (Å²) in [6, 6.07) is 11.0. The molecule has 1 aliphatic heterocycles. The first kappa shape index (κ1) is 15.9. The summed E-state index contributed by atoms with van der Waals surface area (Å²) in [6.45, 7) is 8.81. The zero-order chi connectivity index (χ0) is 16.4. The van der Waals surface area contributed by atoms with Crippen molar-refractivity contribution in [1.82, 2.24) is 9.88 Å². The highest BCUT2D eigenvalue weighted by Gasteiger charge is 2.20. The summed E-state index contributed by atoms with van der Waals surface area (Å²) in [5.41, 5.74) is 9.34. The van der Waals surface area contributed by atoms with Gasteiger partial charge in [-0.1, -0.05) is 35.4 Å². The second-order valence-corrected chi connectivity index (χ2v) is 6.77. The number of rotatable bonds is 2. The molecule has 2 nitrogen and oxygen atoms in total. The van der Waals surface area contributed by atoms with E-state index in [2.05, 4.69) is 57.0 Å². The monoisotopic (exact) mass is 306 g/mol. The number of aromatic nitrogens is 1. The zero-order valence-electron chi connectivity index (χ0n) is 14.7. The Morgan fingerprint density at radius 2 is 1.74 bits per heavy atom. The molecule has 0 spiro atoms. The first-order valence-electron chi connectivity index (χ1n) is 8.46. The molecule has 0 bridgehead atoms. The molecule has 1 aromatic heterocycles. The van der Waals surface area contributed by atoms with Crippen LogP contribution >= 0.6 is 0 Å². The number of benzene rings is 1. The van der Waals surface area contributed by atoms with E-state index >= 15 is 0 Å². The minimum absolute atomic E-state index is 1.13. The molecule has 1 aliphatic rings. The number of aryl methyl sites for hydroxylation is 3. The van der Waals surface area contributed by atoms with E-state index in [1.807, 2.05) is 12.3 Å². The van der Waals surface area contributed by atoms with Crippen molar-refractivity contribution in [3.8, 4) is 0 Å². The minimum atomic E-state index is 1.13. The molecule has 1 aromatic carbocycles. The van der Waals surface area contributed by atoms with Gasteiger partial charge in [-0.3, -0.25) is 4.98 Å². The first-order chi connectivity index (χ1) is 11.1. The Labute approximate surface area is 139 Å². The van der Waals surface area contributed by atoms with Crippen LogP contribution in [-0.4, -0.2) is 30.0 Å². The van der Waals surface area contributed by atoms with Crippen LogP contribution < -0.4 is 0 Å². The molecule has 0 saturated carbocycles. The zero-order valence-corrected chi connectivity index (χ0v) is 14.7. The highest BCUT2D eigenvalue weighted by molar-refractivity contribution is 5.83. The van der Waals surface area contributed by atoms with Gasteiger partial charge in [0.05, 0.1) is 5.69 Å². The molecule has 23 heavy (non-hydrogen) atoms. The fourth-order valence-corrected chi connectivity index (χ4v) is 3.47. The molecule has 2 aromatic rings. The molecule has 1 saturated heterocycles. The number of hydrogen-bond acceptors (Lipinski definition) is 2. The van der Waals surface area contributed by atoms with E-state index in [0.717, 1.165) is 31.6 Å². The van der Waals surface area contributed by atoms with E-state index in [9.17, 15) is 0 Å². The van der Waals surface area contributed by atoms with E-state index in [1.165, 1.54) is 27.8 Å². The Kier molecular flexibility index (Phi) is 4.63. The number of nitrogens with zero attached hydrogens (tertiary/aromatic N) is 2. The van der Waals surface area contributed by atoms with E-state index in [4.69, 9.17) is 4.98 Å². The van der Waals surface area contributed by atoms with E-state index < -0.39 is 0 Å². The lowest BCUT2D eigenvalue weighted by atomic mass is 9.87. The average molecular weight is 306 g/mol. The topological polar surface area (TPSA) is 16.1 Å². The smallest absolute Gasteiger partial charge is 0.0736 e. The predicted octanol–water partition coefficient (Wildman–Crippen LogP) is 4.53. The van der Waals surface area contributed by atoms with Gasteiger partial charge in [0.15, 0.2) is 0 Å². The van der Waals surface area contributed by atoms with Gasteiger partial charge < -0.3 is 4.90 Å². The molecule has 3 rings (SSSR count). The van der Waals surface area contributed by atoms with E-state index in [-0.39, 0.29) is 0 Å². The van der Waals surface area contributed by atoms with Crippen LogP contribution in [-0.2, 0) is 0 Å². The lowest BCUT2D eigenvalue weighted by Gasteiger charge is -2.27. The summed E-state index contributed by atoms with van der Waals surface area (Å²) in [5.74, 6) is 0. The SMILES string of the molecule is Cc1ccc(C(=C2CCN(C)CC2)c2ncccc2C)c(C)c1. The highest BCUT2D eigenvalue weighted by Crippen LogP contribution is 2.34. The molecule has 120 valence electrons. The Balaban J connectivity index is 2.18. The van der Waals surface area contributed by atoms with Gasteiger partial charge in [-0.15, -0.1) is 0 Å². The molecule has 0 atom stereocenters. The largest absolute Gasteiger partial charge is 0.306 e. The van der Waals surface area contributed by atoms with Gasteiger partial charge in [0.25, 0.3) is 0 Å². The summed E-state index contributed by atoms with van der Waals surface area (Å²) < 4.78 is 0. The molecular weight excluding hydrogens is 280 g/mol. The van der Waals surface area contributed by atoms with Crippen LogP contribution in [0.15, 0.2) is 42.1 Å². The molecule has 0 amide bonds. The summed E-state index contributed by atoms with van der Waals surface area (Å²) in [6.07, 6.45) is 4.19. The molecule has 0 N–H and O–H groups in total. The van der Waals surface area contributed by atoms with Crippen molar-refractivity contribution < 1.29 is 0 Å². The summed E-state index contributed by atoms with van der Waals surface area (Å²) in [4.78, 5) is 7.15. The lowest BCUT2D eigenvalue weighted by molar-refractivity contribution is 0.313. The van der Waals surface area contributed by atoms with Gasteiger partial charge in [0.2, 0.25) is 0 Å². The Morgan fingerprint density at radius 1 is 1.00 bits per heavy atom. The molecule has 0 unspecified atom stereocenters. The lowest BCUT2D eigenvalue weighted by Crippen LogP contribution is -2.27. The number of piperidine rings is 1. The predicted molar refractivity (Wildman–Crippen MR) is 97.6 cm³/mol. The normalized spacial score (nSPS) is 15.7. The highest BCUT2D eigenvalue weighted by atomic mass is 15.1. The van der Waals surface area contributed by atoms with Crippen LogP contribution in [0.3, 0.4) is 0 Å². The van der Waals surface area contributed by atoms with Gasteiger partial charge in [0.1, 0.15) is 0 Å². The van der Waals surface area contributed by atoms with Crippen LogP contribution in [0, 0.1) is 20.8 Å². The van der Waals surface area contributed by atoms with E-state index in [1.54, 1.807) is 5.57 Å². The molecule has 2 heterocycles. The van der Waals surface area contributed by atoms with Crippen molar-refractivity contribution >= 4 is 5.57 Å². The van der Waals surface area contributed by atoms with Crippen LogP contribution in [0.1, 0.15) is 40.8 Å².